The zero-order chi connectivity index (χ0) is 22.8. The van der Waals surface area contributed by atoms with E-state index in [-0.39, 0.29) is 12.5 Å². The number of halogens is 1. The zero-order valence-corrected chi connectivity index (χ0v) is 18.3. The Morgan fingerprint density at radius 1 is 0.938 bits per heavy atom. The number of benzene rings is 3. The third-order valence-electron chi connectivity index (χ3n) is 4.41. The van der Waals surface area contributed by atoms with E-state index in [1.165, 1.54) is 11.8 Å². The van der Waals surface area contributed by atoms with Crippen molar-refractivity contribution in [1.82, 2.24) is 5.43 Å². The van der Waals surface area contributed by atoms with E-state index in [2.05, 4.69) is 17.5 Å². The van der Waals surface area contributed by atoms with Crippen molar-refractivity contribution in [1.29, 1.82) is 0 Å². The predicted molar refractivity (Wildman–Crippen MR) is 125 cm³/mol. The molecule has 3 aromatic carbocycles. The van der Waals surface area contributed by atoms with Crippen LogP contribution in [0.2, 0.25) is 5.02 Å². The maximum Gasteiger partial charge on any atom is 0.343 e. The Labute approximate surface area is 191 Å². The highest BCUT2D eigenvalue weighted by molar-refractivity contribution is 6.30. The average Bonchev–Trinajstić information content (AvgIpc) is 2.80. The number of nitrogens with one attached hydrogen (secondary N) is 1. The Morgan fingerprint density at radius 2 is 1.59 bits per heavy atom. The van der Waals surface area contributed by atoms with E-state index in [0.29, 0.717) is 22.1 Å². The quantitative estimate of drug-likeness (QED) is 0.214. The fraction of sp³-hybridized carbons (Fsp3) is 0.160. The molecule has 0 saturated heterocycles. The Morgan fingerprint density at radius 3 is 2.25 bits per heavy atom. The van der Waals surface area contributed by atoms with Gasteiger partial charge in [0.15, 0.2) is 6.61 Å². The summed E-state index contributed by atoms with van der Waals surface area (Å²) in [6, 6.07) is 20.8. The summed E-state index contributed by atoms with van der Waals surface area (Å²) in [7, 11) is 0. The van der Waals surface area contributed by atoms with Gasteiger partial charge in [-0.2, -0.15) is 5.10 Å². The number of hydrogen-bond donors (Lipinski definition) is 1. The molecular weight excluding hydrogens is 428 g/mol. The van der Waals surface area contributed by atoms with Crippen LogP contribution in [0.1, 0.15) is 34.8 Å². The van der Waals surface area contributed by atoms with Crippen molar-refractivity contribution in [2.45, 2.75) is 19.8 Å². The summed E-state index contributed by atoms with van der Waals surface area (Å²) in [5, 5.41) is 4.46. The van der Waals surface area contributed by atoms with Gasteiger partial charge in [-0.1, -0.05) is 37.1 Å². The second-order valence-electron chi connectivity index (χ2n) is 6.94. The molecule has 1 N–H and O–H groups in total. The molecule has 0 aliphatic rings. The second kappa shape index (κ2) is 11.7. The Kier molecular flexibility index (Phi) is 8.40. The summed E-state index contributed by atoms with van der Waals surface area (Å²) in [5.74, 6) is 0.181. The molecular formula is C25H23ClN2O4. The standard InChI is InChI=1S/C25H23ClN2O4/c1-2-3-18-4-12-22(13-5-18)31-17-24(29)28-27-16-19-6-14-23(15-7-19)32-25(30)20-8-10-21(26)11-9-20/h4-16H,2-3,17H2,1H3,(H,28,29)/b27-16-. The monoisotopic (exact) mass is 450 g/mol. The van der Waals surface area contributed by atoms with Gasteiger partial charge in [-0.25, -0.2) is 10.2 Å². The molecule has 0 saturated carbocycles. The molecule has 6 nitrogen and oxygen atoms in total. The van der Waals surface area contributed by atoms with Crippen LogP contribution in [0.15, 0.2) is 77.9 Å². The van der Waals surface area contributed by atoms with Crippen molar-refractivity contribution in [2.24, 2.45) is 5.10 Å². The van der Waals surface area contributed by atoms with Gasteiger partial charge in [0, 0.05) is 5.02 Å². The number of carbonyl (C=O) groups excluding carboxylic acids is 2. The number of esters is 1. The normalized spacial score (nSPS) is 10.7. The SMILES string of the molecule is CCCc1ccc(OCC(=O)N/N=C\c2ccc(OC(=O)c3ccc(Cl)cc3)cc2)cc1. The van der Waals surface area contributed by atoms with Crippen molar-refractivity contribution >= 4 is 29.7 Å². The van der Waals surface area contributed by atoms with Crippen molar-refractivity contribution in [3.05, 3.63) is 94.5 Å². The minimum atomic E-state index is -0.477. The molecule has 0 unspecified atom stereocenters. The van der Waals surface area contributed by atoms with E-state index in [4.69, 9.17) is 21.1 Å². The first-order chi connectivity index (χ1) is 15.5. The van der Waals surface area contributed by atoms with Gasteiger partial charge in [0.25, 0.3) is 5.91 Å². The van der Waals surface area contributed by atoms with E-state index in [9.17, 15) is 9.59 Å². The average molecular weight is 451 g/mol. The van der Waals surface area contributed by atoms with E-state index in [1.54, 1.807) is 48.5 Å². The summed E-state index contributed by atoms with van der Waals surface area (Å²) in [6.07, 6.45) is 3.58. The highest BCUT2D eigenvalue weighted by Crippen LogP contribution is 2.16. The number of amides is 1. The van der Waals surface area contributed by atoms with Crippen LogP contribution in [0.3, 0.4) is 0 Å². The topological polar surface area (TPSA) is 77.0 Å². The molecule has 3 rings (SSSR count). The molecule has 7 heteroatoms. The fourth-order valence-corrected chi connectivity index (χ4v) is 2.90. The number of hydrogen-bond acceptors (Lipinski definition) is 5. The molecule has 0 atom stereocenters. The molecule has 1 amide bonds. The number of carbonyl (C=O) groups is 2. The Balaban J connectivity index is 1.43. The lowest BCUT2D eigenvalue weighted by molar-refractivity contribution is -0.123. The van der Waals surface area contributed by atoms with Crippen molar-refractivity contribution in [3.8, 4) is 11.5 Å². The third kappa shape index (κ3) is 7.25. The lowest BCUT2D eigenvalue weighted by Gasteiger charge is -2.06. The highest BCUT2D eigenvalue weighted by atomic mass is 35.5. The van der Waals surface area contributed by atoms with E-state index >= 15 is 0 Å². The van der Waals surface area contributed by atoms with Gasteiger partial charge in [-0.05, 0) is 78.2 Å². The molecule has 164 valence electrons. The predicted octanol–water partition coefficient (Wildman–Crippen LogP) is 5.04. The summed E-state index contributed by atoms with van der Waals surface area (Å²) in [4.78, 5) is 24.0. The third-order valence-corrected chi connectivity index (χ3v) is 4.66. The van der Waals surface area contributed by atoms with Crippen LogP contribution in [-0.2, 0) is 11.2 Å². The number of nitrogens with zero attached hydrogens (tertiary/aromatic N) is 1. The molecule has 0 fully saturated rings. The smallest absolute Gasteiger partial charge is 0.343 e. The summed E-state index contributed by atoms with van der Waals surface area (Å²) >= 11 is 5.82. The Hall–Kier alpha value is -3.64. The van der Waals surface area contributed by atoms with Gasteiger partial charge in [0.1, 0.15) is 11.5 Å². The van der Waals surface area contributed by atoms with Gasteiger partial charge in [-0.15, -0.1) is 0 Å². The van der Waals surface area contributed by atoms with Gasteiger partial charge in [0.05, 0.1) is 11.8 Å². The first-order valence-electron chi connectivity index (χ1n) is 10.1. The molecule has 3 aromatic rings. The van der Waals surface area contributed by atoms with Crippen LogP contribution in [-0.4, -0.2) is 24.7 Å². The minimum Gasteiger partial charge on any atom is -0.484 e. The molecule has 0 heterocycles. The largest absolute Gasteiger partial charge is 0.484 e. The fourth-order valence-electron chi connectivity index (χ4n) is 2.77. The lowest BCUT2D eigenvalue weighted by atomic mass is 10.1. The van der Waals surface area contributed by atoms with Crippen LogP contribution in [0, 0.1) is 0 Å². The summed E-state index contributed by atoms with van der Waals surface area (Å²) < 4.78 is 10.8. The van der Waals surface area contributed by atoms with Gasteiger partial charge < -0.3 is 9.47 Å². The Bertz CT molecular complexity index is 1060. The van der Waals surface area contributed by atoms with E-state index < -0.39 is 5.97 Å². The first kappa shape index (κ1) is 23.0. The second-order valence-corrected chi connectivity index (χ2v) is 7.38. The molecule has 32 heavy (non-hydrogen) atoms. The molecule has 0 radical (unpaired) electrons. The summed E-state index contributed by atoms with van der Waals surface area (Å²) in [5.41, 5.74) is 4.78. The van der Waals surface area contributed by atoms with Gasteiger partial charge >= 0.3 is 5.97 Å². The molecule has 0 spiro atoms. The van der Waals surface area contributed by atoms with Crippen molar-refractivity contribution < 1.29 is 19.1 Å². The molecule has 0 aliphatic carbocycles. The van der Waals surface area contributed by atoms with Crippen LogP contribution in [0.5, 0.6) is 11.5 Å². The first-order valence-corrected chi connectivity index (χ1v) is 10.5. The van der Waals surface area contributed by atoms with Crippen molar-refractivity contribution in [3.63, 3.8) is 0 Å². The van der Waals surface area contributed by atoms with Crippen LogP contribution in [0.25, 0.3) is 0 Å². The lowest BCUT2D eigenvalue weighted by Crippen LogP contribution is -2.24. The molecule has 0 bridgehead atoms. The van der Waals surface area contributed by atoms with Crippen LogP contribution < -0.4 is 14.9 Å². The summed E-state index contributed by atoms with van der Waals surface area (Å²) in [6.45, 7) is 1.99. The van der Waals surface area contributed by atoms with Crippen molar-refractivity contribution in [2.75, 3.05) is 6.61 Å². The van der Waals surface area contributed by atoms with Crippen LogP contribution in [0.4, 0.5) is 0 Å². The van der Waals surface area contributed by atoms with E-state index in [0.717, 1.165) is 18.4 Å². The van der Waals surface area contributed by atoms with E-state index in [1.807, 2.05) is 24.3 Å². The van der Waals surface area contributed by atoms with Gasteiger partial charge in [-0.3, -0.25) is 4.79 Å². The molecule has 0 aliphatic heterocycles. The number of aryl methyl sites for hydroxylation is 1. The number of ether oxygens (including phenoxy) is 2. The molecule has 0 aromatic heterocycles. The number of hydrazone groups is 1. The maximum atomic E-state index is 12.1. The minimum absolute atomic E-state index is 0.135. The zero-order valence-electron chi connectivity index (χ0n) is 17.6. The maximum absolute atomic E-state index is 12.1. The number of rotatable bonds is 9. The van der Waals surface area contributed by atoms with Gasteiger partial charge in [0.2, 0.25) is 0 Å². The van der Waals surface area contributed by atoms with Crippen LogP contribution >= 0.6 is 11.6 Å². The highest BCUT2D eigenvalue weighted by Gasteiger charge is 2.08.